The Balaban J connectivity index is 1.99. The third-order valence-electron chi connectivity index (χ3n) is 3.40. The summed E-state index contributed by atoms with van der Waals surface area (Å²) in [4.78, 5) is 36.6. The van der Waals surface area contributed by atoms with Crippen LogP contribution in [-0.2, 0) is 14.4 Å². The second kappa shape index (κ2) is 5.34. The number of rotatable bonds is 2. The third kappa shape index (κ3) is 2.45. The molecule has 2 saturated heterocycles. The van der Waals surface area contributed by atoms with E-state index >= 15 is 0 Å². The Hall–Kier alpha value is -1.63. The first-order valence-corrected chi connectivity index (χ1v) is 6.15. The van der Waals surface area contributed by atoms with Crippen molar-refractivity contribution in [1.82, 2.24) is 20.9 Å². The molecule has 0 radical (unpaired) electrons. The van der Waals surface area contributed by atoms with Gasteiger partial charge in [-0.25, -0.2) is 0 Å². The van der Waals surface area contributed by atoms with E-state index in [1.54, 1.807) is 11.9 Å². The minimum Gasteiger partial charge on any atom is -0.357 e. The molecular weight excluding hydrogens is 236 g/mol. The van der Waals surface area contributed by atoms with Crippen molar-refractivity contribution in [2.75, 3.05) is 26.7 Å². The molecule has 0 aliphatic carbocycles. The van der Waals surface area contributed by atoms with E-state index < -0.39 is 6.04 Å². The average Bonchev–Trinajstić information content (AvgIpc) is 2.87. The van der Waals surface area contributed by atoms with Gasteiger partial charge >= 0.3 is 0 Å². The molecule has 7 nitrogen and oxygen atoms in total. The maximum atomic E-state index is 12.3. The highest BCUT2D eigenvalue weighted by atomic mass is 16.2. The largest absolute Gasteiger partial charge is 0.357 e. The van der Waals surface area contributed by atoms with Crippen LogP contribution in [0.15, 0.2) is 0 Å². The van der Waals surface area contributed by atoms with Gasteiger partial charge in [-0.15, -0.1) is 0 Å². The molecule has 2 atom stereocenters. The molecule has 2 fully saturated rings. The van der Waals surface area contributed by atoms with Crippen molar-refractivity contribution in [3.05, 3.63) is 0 Å². The molecule has 2 heterocycles. The minimum absolute atomic E-state index is 0.108. The standard InChI is InChI=1S/C11H18N4O3/c1-12-10(17)8-3-2-4-15(8)11(18)7-5-14-9(16)6-13-7/h7-8,13H,2-6H2,1H3,(H,12,17)(H,14,16). The summed E-state index contributed by atoms with van der Waals surface area (Å²) in [5, 5.41) is 8.11. The lowest BCUT2D eigenvalue weighted by atomic mass is 10.1. The molecule has 100 valence electrons. The van der Waals surface area contributed by atoms with Gasteiger partial charge in [-0.1, -0.05) is 0 Å². The maximum Gasteiger partial charge on any atom is 0.242 e. The van der Waals surface area contributed by atoms with Crippen molar-refractivity contribution in [3.63, 3.8) is 0 Å². The van der Waals surface area contributed by atoms with E-state index in [9.17, 15) is 14.4 Å². The molecule has 0 aromatic heterocycles. The van der Waals surface area contributed by atoms with Gasteiger partial charge in [-0.3, -0.25) is 19.7 Å². The summed E-state index contributed by atoms with van der Waals surface area (Å²) < 4.78 is 0. The van der Waals surface area contributed by atoms with Gasteiger partial charge < -0.3 is 15.5 Å². The second-order valence-electron chi connectivity index (χ2n) is 4.54. The van der Waals surface area contributed by atoms with Crippen LogP contribution in [0.3, 0.4) is 0 Å². The zero-order valence-electron chi connectivity index (χ0n) is 10.4. The SMILES string of the molecule is CNC(=O)C1CCCN1C(=O)C1CNC(=O)CN1. The van der Waals surface area contributed by atoms with Gasteiger partial charge in [0.25, 0.3) is 0 Å². The van der Waals surface area contributed by atoms with Crippen LogP contribution < -0.4 is 16.0 Å². The van der Waals surface area contributed by atoms with Gasteiger partial charge in [0.15, 0.2) is 0 Å². The number of carbonyl (C=O) groups excluding carboxylic acids is 3. The lowest BCUT2D eigenvalue weighted by molar-refractivity contribution is -0.140. The molecule has 3 amide bonds. The molecule has 0 spiro atoms. The quantitative estimate of drug-likeness (QED) is 0.522. The maximum absolute atomic E-state index is 12.3. The van der Waals surface area contributed by atoms with Gasteiger partial charge in [0.1, 0.15) is 12.1 Å². The number of nitrogens with one attached hydrogen (secondary N) is 3. The number of likely N-dealkylation sites (tertiary alicyclic amines) is 1. The molecule has 2 aliphatic rings. The minimum atomic E-state index is -0.423. The van der Waals surface area contributed by atoms with Gasteiger partial charge in [-0.2, -0.15) is 0 Å². The molecule has 2 aliphatic heterocycles. The smallest absolute Gasteiger partial charge is 0.242 e. The lowest BCUT2D eigenvalue weighted by Crippen LogP contribution is -2.60. The van der Waals surface area contributed by atoms with Gasteiger partial charge in [0.2, 0.25) is 17.7 Å². The molecule has 0 aromatic rings. The Kier molecular flexibility index (Phi) is 3.81. The summed E-state index contributed by atoms with van der Waals surface area (Å²) in [5.74, 6) is -0.342. The first-order valence-electron chi connectivity index (χ1n) is 6.15. The van der Waals surface area contributed by atoms with Crippen LogP contribution in [0.1, 0.15) is 12.8 Å². The summed E-state index contributed by atoms with van der Waals surface area (Å²) >= 11 is 0. The molecule has 2 rings (SSSR count). The van der Waals surface area contributed by atoms with E-state index in [0.29, 0.717) is 13.0 Å². The molecule has 0 saturated carbocycles. The monoisotopic (exact) mass is 254 g/mol. The average molecular weight is 254 g/mol. The second-order valence-corrected chi connectivity index (χ2v) is 4.54. The molecule has 0 bridgehead atoms. The summed E-state index contributed by atoms with van der Waals surface area (Å²) in [6, 6.07) is -0.796. The lowest BCUT2D eigenvalue weighted by Gasteiger charge is -2.30. The molecule has 7 heteroatoms. The summed E-state index contributed by atoms with van der Waals surface area (Å²) in [6.07, 6.45) is 1.54. The fraction of sp³-hybridized carbons (Fsp3) is 0.727. The van der Waals surface area contributed by atoms with Crippen molar-refractivity contribution in [2.45, 2.75) is 24.9 Å². The van der Waals surface area contributed by atoms with Crippen LogP contribution >= 0.6 is 0 Å². The van der Waals surface area contributed by atoms with E-state index in [1.165, 1.54) is 0 Å². The van der Waals surface area contributed by atoms with E-state index in [-0.39, 0.29) is 36.9 Å². The number of carbonyl (C=O) groups is 3. The highest BCUT2D eigenvalue weighted by Crippen LogP contribution is 2.18. The fourth-order valence-electron chi connectivity index (χ4n) is 2.41. The van der Waals surface area contributed by atoms with Crippen molar-refractivity contribution in [3.8, 4) is 0 Å². The van der Waals surface area contributed by atoms with E-state index in [0.717, 1.165) is 6.42 Å². The van der Waals surface area contributed by atoms with Crippen molar-refractivity contribution >= 4 is 17.7 Å². The predicted molar refractivity (Wildman–Crippen MR) is 63.6 cm³/mol. The Labute approximate surface area is 105 Å². The molecule has 3 N–H and O–H groups in total. The highest BCUT2D eigenvalue weighted by Gasteiger charge is 2.37. The molecule has 18 heavy (non-hydrogen) atoms. The van der Waals surface area contributed by atoms with Gasteiger partial charge in [0.05, 0.1) is 6.54 Å². The van der Waals surface area contributed by atoms with Crippen LogP contribution in [0.25, 0.3) is 0 Å². The van der Waals surface area contributed by atoms with E-state index in [1.807, 2.05) is 0 Å². The van der Waals surface area contributed by atoms with Crippen molar-refractivity contribution in [2.24, 2.45) is 0 Å². The third-order valence-corrected chi connectivity index (χ3v) is 3.40. The van der Waals surface area contributed by atoms with Crippen LogP contribution in [0.5, 0.6) is 0 Å². The number of hydrogen-bond donors (Lipinski definition) is 3. The Morgan fingerprint density at radius 1 is 1.44 bits per heavy atom. The molecular formula is C11H18N4O3. The van der Waals surface area contributed by atoms with E-state index in [4.69, 9.17) is 0 Å². The van der Waals surface area contributed by atoms with Crippen LogP contribution in [-0.4, -0.2) is 61.4 Å². The zero-order valence-corrected chi connectivity index (χ0v) is 10.4. The Bertz CT molecular complexity index is 361. The molecule has 0 aromatic carbocycles. The van der Waals surface area contributed by atoms with Crippen LogP contribution in [0, 0.1) is 0 Å². The van der Waals surface area contributed by atoms with Crippen LogP contribution in [0.2, 0.25) is 0 Å². The first kappa shape index (κ1) is 12.8. The van der Waals surface area contributed by atoms with Crippen molar-refractivity contribution < 1.29 is 14.4 Å². The van der Waals surface area contributed by atoms with Crippen LogP contribution in [0.4, 0.5) is 0 Å². The predicted octanol–water partition coefficient (Wildman–Crippen LogP) is -2.19. The topological polar surface area (TPSA) is 90.5 Å². The summed E-state index contributed by atoms with van der Waals surface area (Å²) in [7, 11) is 1.57. The first-order chi connectivity index (χ1) is 8.63. The Morgan fingerprint density at radius 2 is 2.22 bits per heavy atom. The normalized spacial score (nSPS) is 27.8. The number of piperazine rings is 1. The number of likely N-dealkylation sites (N-methyl/N-ethyl adjacent to an activating group) is 1. The van der Waals surface area contributed by atoms with Crippen molar-refractivity contribution in [1.29, 1.82) is 0 Å². The zero-order chi connectivity index (χ0) is 13.1. The highest BCUT2D eigenvalue weighted by molar-refractivity contribution is 5.91. The van der Waals surface area contributed by atoms with Gasteiger partial charge in [0, 0.05) is 20.1 Å². The number of nitrogens with zero attached hydrogens (tertiary/aromatic N) is 1. The number of amides is 3. The Morgan fingerprint density at radius 3 is 2.83 bits per heavy atom. The fourth-order valence-corrected chi connectivity index (χ4v) is 2.41. The summed E-state index contributed by atoms with van der Waals surface area (Å²) in [5.41, 5.74) is 0. The van der Waals surface area contributed by atoms with E-state index in [2.05, 4.69) is 16.0 Å². The molecule has 2 unspecified atom stereocenters. The summed E-state index contributed by atoms with van der Waals surface area (Å²) in [6.45, 7) is 1.03. The number of hydrogen-bond acceptors (Lipinski definition) is 4. The van der Waals surface area contributed by atoms with Gasteiger partial charge in [-0.05, 0) is 12.8 Å².